The van der Waals surface area contributed by atoms with E-state index in [1.165, 1.54) is 38.5 Å². The summed E-state index contributed by atoms with van der Waals surface area (Å²) in [6, 6.07) is 10.2. The average molecular weight is 364 g/mol. The number of aromatic nitrogens is 2. The van der Waals surface area contributed by atoms with Crippen molar-refractivity contribution >= 4 is 5.97 Å². The Morgan fingerprint density at radius 1 is 1.11 bits per heavy atom. The van der Waals surface area contributed by atoms with E-state index in [0.717, 1.165) is 40.4 Å². The van der Waals surface area contributed by atoms with Crippen LogP contribution in [-0.2, 0) is 10.2 Å². The summed E-state index contributed by atoms with van der Waals surface area (Å²) in [5, 5.41) is 5.09. The van der Waals surface area contributed by atoms with Gasteiger partial charge in [-0.05, 0) is 82.3 Å². The first-order valence-electron chi connectivity index (χ1n) is 10.4. The molecule has 0 spiro atoms. The molecule has 4 aliphatic rings. The first-order chi connectivity index (χ1) is 13.1. The molecule has 142 valence electrons. The maximum atomic E-state index is 12.9. The summed E-state index contributed by atoms with van der Waals surface area (Å²) in [7, 11) is 0. The molecule has 2 aromatic rings. The Labute approximate surface area is 160 Å². The Hall–Kier alpha value is -2.10. The molecule has 6 rings (SSSR count). The van der Waals surface area contributed by atoms with Crippen LogP contribution in [0.3, 0.4) is 0 Å². The quantitative estimate of drug-likeness (QED) is 0.730. The van der Waals surface area contributed by atoms with Gasteiger partial charge in [-0.15, -0.1) is 0 Å². The zero-order chi connectivity index (χ0) is 18.6. The van der Waals surface area contributed by atoms with Crippen molar-refractivity contribution in [3.63, 3.8) is 0 Å². The summed E-state index contributed by atoms with van der Waals surface area (Å²) >= 11 is 0. The van der Waals surface area contributed by atoms with Crippen LogP contribution >= 0.6 is 0 Å². The number of nitrogens with zero attached hydrogens (tertiary/aromatic N) is 2. The largest absolute Gasteiger partial charge is 0.462 e. The van der Waals surface area contributed by atoms with Crippen molar-refractivity contribution in [2.24, 2.45) is 17.8 Å². The normalized spacial score (nSPS) is 31.3. The highest BCUT2D eigenvalue weighted by Crippen LogP contribution is 2.61. The van der Waals surface area contributed by atoms with Gasteiger partial charge in [0.05, 0.1) is 23.7 Å². The second kappa shape index (κ2) is 6.22. The smallest absolute Gasteiger partial charge is 0.341 e. The minimum Gasteiger partial charge on any atom is -0.462 e. The van der Waals surface area contributed by atoms with Crippen molar-refractivity contribution in [3.8, 4) is 5.69 Å². The highest BCUT2D eigenvalue weighted by molar-refractivity contribution is 5.92. The van der Waals surface area contributed by atoms with E-state index in [2.05, 4.69) is 12.1 Å². The lowest BCUT2D eigenvalue weighted by atomic mass is 9.48. The third-order valence-corrected chi connectivity index (χ3v) is 7.14. The van der Waals surface area contributed by atoms with E-state index in [9.17, 15) is 4.79 Å². The molecule has 27 heavy (non-hydrogen) atoms. The van der Waals surface area contributed by atoms with Gasteiger partial charge in [0.25, 0.3) is 0 Å². The Morgan fingerprint density at radius 3 is 2.26 bits per heavy atom. The van der Waals surface area contributed by atoms with Crippen LogP contribution in [0, 0.1) is 24.7 Å². The van der Waals surface area contributed by atoms with Crippen LogP contribution in [0.1, 0.15) is 67.2 Å². The van der Waals surface area contributed by atoms with Gasteiger partial charge in [0.1, 0.15) is 5.56 Å². The van der Waals surface area contributed by atoms with E-state index in [-0.39, 0.29) is 11.4 Å². The average Bonchev–Trinajstić information content (AvgIpc) is 3.00. The summed E-state index contributed by atoms with van der Waals surface area (Å²) in [6.45, 7) is 4.28. The molecule has 0 atom stereocenters. The molecule has 1 aromatic carbocycles. The summed E-state index contributed by atoms with van der Waals surface area (Å²) in [6.07, 6.45) is 7.72. The van der Waals surface area contributed by atoms with E-state index in [4.69, 9.17) is 9.84 Å². The highest BCUT2D eigenvalue weighted by atomic mass is 16.5. The Bertz CT molecular complexity index is 833. The molecular weight excluding hydrogens is 336 g/mol. The van der Waals surface area contributed by atoms with Crippen molar-refractivity contribution in [2.45, 2.75) is 57.8 Å². The maximum Gasteiger partial charge on any atom is 0.341 e. The van der Waals surface area contributed by atoms with Crippen molar-refractivity contribution in [3.05, 3.63) is 47.3 Å². The van der Waals surface area contributed by atoms with Crippen molar-refractivity contribution in [2.75, 3.05) is 6.61 Å². The minimum absolute atomic E-state index is 0.0711. The maximum absolute atomic E-state index is 12.9. The van der Waals surface area contributed by atoms with Gasteiger partial charge in [-0.1, -0.05) is 18.2 Å². The molecule has 1 heterocycles. The number of hydrogen-bond donors (Lipinski definition) is 0. The zero-order valence-corrected chi connectivity index (χ0v) is 16.3. The van der Waals surface area contributed by atoms with Crippen LogP contribution in [0.5, 0.6) is 0 Å². The molecule has 0 saturated heterocycles. The topological polar surface area (TPSA) is 44.1 Å². The van der Waals surface area contributed by atoms with E-state index < -0.39 is 0 Å². The molecule has 0 aliphatic heterocycles. The van der Waals surface area contributed by atoms with Crippen LogP contribution in [0.4, 0.5) is 0 Å². The predicted octanol–water partition coefficient (Wildman–Crippen LogP) is 4.83. The lowest BCUT2D eigenvalue weighted by Crippen LogP contribution is -2.49. The highest BCUT2D eigenvalue weighted by Gasteiger charge is 2.54. The van der Waals surface area contributed by atoms with Gasteiger partial charge < -0.3 is 4.74 Å². The van der Waals surface area contributed by atoms with Gasteiger partial charge in [0.15, 0.2) is 0 Å². The lowest BCUT2D eigenvalue weighted by Gasteiger charge is -2.56. The Morgan fingerprint density at radius 2 is 1.70 bits per heavy atom. The minimum atomic E-state index is -0.206. The number of carbonyl (C=O) groups excluding carboxylic acids is 1. The number of esters is 1. The van der Waals surface area contributed by atoms with E-state index in [1.807, 2.05) is 36.7 Å². The number of rotatable bonds is 4. The number of benzene rings is 1. The molecule has 0 radical (unpaired) electrons. The summed E-state index contributed by atoms with van der Waals surface area (Å²) in [5.41, 5.74) is 3.73. The Balaban J connectivity index is 1.66. The second-order valence-corrected chi connectivity index (χ2v) is 8.97. The van der Waals surface area contributed by atoms with Crippen LogP contribution in [-0.4, -0.2) is 22.4 Å². The fourth-order valence-corrected chi connectivity index (χ4v) is 6.54. The Kier molecular flexibility index (Phi) is 3.92. The van der Waals surface area contributed by atoms with Gasteiger partial charge in [-0.25, -0.2) is 9.48 Å². The van der Waals surface area contributed by atoms with Crippen LogP contribution in [0.25, 0.3) is 5.69 Å². The fraction of sp³-hybridized carbons (Fsp3) is 0.565. The van der Waals surface area contributed by atoms with Gasteiger partial charge in [0, 0.05) is 5.41 Å². The number of hydrogen-bond acceptors (Lipinski definition) is 3. The third kappa shape index (κ3) is 2.64. The van der Waals surface area contributed by atoms with E-state index in [0.29, 0.717) is 6.61 Å². The van der Waals surface area contributed by atoms with Crippen molar-refractivity contribution < 1.29 is 9.53 Å². The van der Waals surface area contributed by atoms with E-state index in [1.54, 1.807) is 0 Å². The number of para-hydroxylation sites is 1. The molecule has 0 N–H and O–H groups in total. The first kappa shape index (κ1) is 17.0. The van der Waals surface area contributed by atoms with Gasteiger partial charge in [-0.3, -0.25) is 0 Å². The number of carbonyl (C=O) groups is 1. The molecule has 4 aliphatic carbocycles. The molecule has 4 heteroatoms. The summed E-state index contributed by atoms with van der Waals surface area (Å²) < 4.78 is 7.43. The molecular formula is C23H28N2O2. The zero-order valence-electron chi connectivity index (χ0n) is 16.3. The SMILES string of the molecule is CCOC(=O)c1c(C23CC4CC(CC(C4)C2)C3)nn(-c2ccccc2)c1C. The molecule has 4 nitrogen and oxygen atoms in total. The monoisotopic (exact) mass is 364 g/mol. The first-order valence-corrected chi connectivity index (χ1v) is 10.4. The van der Waals surface area contributed by atoms with E-state index >= 15 is 0 Å². The van der Waals surface area contributed by atoms with Crippen molar-refractivity contribution in [1.29, 1.82) is 0 Å². The second-order valence-electron chi connectivity index (χ2n) is 8.97. The summed E-state index contributed by atoms with van der Waals surface area (Å²) in [4.78, 5) is 12.9. The third-order valence-electron chi connectivity index (χ3n) is 7.14. The summed E-state index contributed by atoms with van der Waals surface area (Å²) in [5.74, 6) is 2.23. The molecule has 4 saturated carbocycles. The van der Waals surface area contributed by atoms with Gasteiger partial charge in [0.2, 0.25) is 0 Å². The van der Waals surface area contributed by atoms with Crippen LogP contribution in [0.2, 0.25) is 0 Å². The molecule has 1 aromatic heterocycles. The molecule has 0 amide bonds. The molecule has 4 fully saturated rings. The number of ether oxygens (including phenoxy) is 1. The van der Waals surface area contributed by atoms with Gasteiger partial charge in [-0.2, -0.15) is 5.10 Å². The van der Waals surface area contributed by atoms with Crippen molar-refractivity contribution in [1.82, 2.24) is 9.78 Å². The van der Waals surface area contributed by atoms with Gasteiger partial charge >= 0.3 is 5.97 Å². The predicted molar refractivity (Wildman–Crippen MR) is 104 cm³/mol. The fourth-order valence-electron chi connectivity index (χ4n) is 6.54. The lowest BCUT2D eigenvalue weighted by molar-refractivity contribution is -0.00817. The molecule has 0 unspecified atom stereocenters. The van der Waals surface area contributed by atoms with Crippen LogP contribution < -0.4 is 0 Å². The van der Waals surface area contributed by atoms with Crippen LogP contribution in [0.15, 0.2) is 30.3 Å². The standard InChI is InChI=1S/C23H28N2O2/c1-3-27-22(26)20-15(2)25(19-7-5-4-6-8-19)24-21(20)23-12-16-9-17(13-23)11-18(10-16)14-23/h4-8,16-18H,3,9-14H2,1-2H3. The molecule has 4 bridgehead atoms.